The molecule has 2 N–H and O–H groups in total. The SMILES string of the molecule is Cc1ccc(C(=O)OCC2OC(N3NNc4ccccc43)C(OC(=O)c3ccc(C)cc3)C2OC(=O)c2ccc(C)cc2)cc1. The van der Waals surface area contributed by atoms with Crippen molar-refractivity contribution < 1.29 is 33.3 Å². The predicted octanol–water partition coefficient (Wildman–Crippen LogP) is 5.30. The molecule has 2 aliphatic heterocycles. The zero-order chi connectivity index (χ0) is 31.5. The number of rotatable bonds is 8. The Hall–Kier alpha value is -5.19. The molecule has 1 saturated heterocycles. The van der Waals surface area contributed by atoms with E-state index in [4.69, 9.17) is 18.9 Å². The van der Waals surface area contributed by atoms with Crippen LogP contribution in [0.3, 0.4) is 0 Å². The van der Waals surface area contributed by atoms with Crippen molar-refractivity contribution in [2.75, 3.05) is 17.0 Å². The molecule has 0 aromatic heterocycles. The predicted molar refractivity (Wildman–Crippen MR) is 167 cm³/mol. The molecule has 4 aromatic rings. The van der Waals surface area contributed by atoms with Crippen LogP contribution in [-0.2, 0) is 18.9 Å². The molecule has 2 aliphatic rings. The summed E-state index contributed by atoms with van der Waals surface area (Å²) in [6.45, 7) is 5.49. The number of nitrogens with zero attached hydrogens (tertiary/aromatic N) is 1. The minimum Gasteiger partial charge on any atom is -0.459 e. The molecule has 0 saturated carbocycles. The molecule has 10 nitrogen and oxygen atoms in total. The van der Waals surface area contributed by atoms with Crippen LogP contribution in [0, 0.1) is 20.8 Å². The molecule has 1 fully saturated rings. The lowest BCUT2D eigenvalue weighted by Crippen LogP contribution is -2.52. The highest BCUT2D eigenvalue weighted by Gasteiger charge is 2.54. The standard InChI is InChI=1S/C35H33N3O7/c1-21-8-14-24(15-9-21)33(39)42-20-29-30(44-34(40)25-16-10-22(2)11-17-25)31(45-35(41)26-18-12-23(3)13-19-26)32(43-29)38-28-7-5-4-6-27(28)36-37-38/h4-19,29-32,36-37H,20H2,1-3H3. The van der Waals surface area contributed by atoms with Crippen LogP contribution in [0.4, 0.5) is 11.4 Å². The lowest BCUT2D eigenvalue weighted by molar-refractivity contribution is -0.0452. The number of fused-ring (bicyclic) bond motifs is 1. The number of anilines is 2. The summed E-state index contributed by atoms with van der Waals surface area (Å²) in [6.07, 6.45) is -4.23. The summed E-state index contributed by atoms with van der Waals surface area (Å²) in [7, 11) is 0. The van der Waals surface area contributed by atoms with Crippen molar-refractivity contribution in [3.63, 3.8) is 0 Å². The van der Waals surface area contributed by atoms with Crippen LogP contribution in [-0.4, -0.2) is 49.1 Å². The highest BCUT2D eigenvalue weighted by molar-refractivity contribution is 5.91. The maximum atomic E-state index is 13.5. The number of esters is 3. The Balaban J connectivity index is 1.33. The van der Waals surface area contributed by atoms with Gasteiger partial charge in [-0.05, 0) is 69.3 Å². The fourth-order valence-electron chi connectivity index (χ4n) is 5.18. The summed E-state index contributed by atoms with van der Waals surface area (Å²) >= 11 is 0. The number of ether oxygens (including phenoxy) is 4. The Morgan fingerprint density at radius 2 is 1.16 bits per heavy atom. The molecule has 4 unspecified atom stereocenters. The first kappa shape index (κ1) is 29.9. The van der Waals surface area contributed by atoms with Gasteiger partial charge in [-0.1, -0.05) is 65.2 Å². The first-order valence-corrected chi connectivity index (χ1v) is 14.6. The summed E-state index contributed by atoms with van der Waals surface area (Å²) < 4.78 is 24.2. The first-order chi connectivity index (χ1) is 21.8. The summed E-state index contributed by atoms with van der Waals surface area (Å²) in [4.78, 5) is 39.9. The van der Waals surface area contributed by atoms with Gasteiger partial charge >= 0.3 is 17.9 Å². The highest BCUT2D eigenvalue weighted by atomic mass is 16.7. The number of para-hydroxylation sites is 2. The van der Waals surface area contributed by atoms with Gasteiger partial charge in [0.2, 0.25) is 0 Å². The average molecular weight is 608 g/mol. The zero-order valence-electron chi connectivity index (χ0n) is 25.1. The van der Waals surface area contributed by atoms with Crippen LogP contribution in [0.1, 0.15) is 47.8 Å². The molecule has 0 aliphatic carbocycles. The van der Waals surface area contributed by atoms with E-state index < -0.39 is 42.4 Å². The number of hydrazine groups is 2. The largest absolute Gasteiger partial charge is 0.459 e. The van der Waals surface area contributed by atoms with Gasteiger partial charge in [0.25, 0.3) is 0 Å². The third-order valence-electron chi connectivity index (χ3n) is 7.74. The Bertz CT molecular complexity index is 1690. The van der Waals surface area contributed by atoms with Gasteiger partial charge in [0.05, 0.1) is 28.1 Å². The summed E-state index contributed by atoms with van der Waals surface area (Å²) in [5.74, 6) is -1.82. The average Bonchev–Trinajstić information content (AvgIpc) is 3.62. The van der Waals surface area contributed by atoms with Crippen LogP contribution in [0.15, 0.2) is 97.1 Å². The number of benzene rings is 4. The monoisotopic (exact) mass is 607 g/mol. The highest BCUT2D eigenvalue weighted by Crippen LogP contribution is 2.37. The molecular weight excluding hydrogens is 574 g/mol. The van der Waals surface area contributed by atoms with E-state index in [-0.39, 0.29) is 6.61 Å². The summed E-state index contributed by atoms with van der Waals surface area (Å²) in [5.41, 5.74) is 11.6. The molecule has 0 bridgehead atoms. The topological polar surface area (TPSA) is 115 Å². The third kappa shape index (κ3) is 6.52. The molecule has 0 amide bonds. The lowest BCUT2D eigenvalue weighted by Gasteiger charge is -2.30. The van der Waals surface area contributed by atoms with E-state index in [1.165, 1.54) is 0 Å². The molecule has 0 spiro atoms. The number of carbonyl (C=O) groups is 3. The van der Waals surface area contributed by atoms with Crippen LogP contribution < -0.4 is 16.0 Å². The molecule has 4 atom stereocenters. The smallest absolute Gasteiger partial charge is 0.338 e. The second kappa shape index (κ2) is 12.8. The first-order valence-electron chi connectivity index (χ1n) is 14.6. The van der Waals surface area contributed by atoms with Crippen LogP contribution in [0.5, 0.6) is 0 Å². The third-order valence-corrected chi connectivity index (χ3v) is 7.74. The Kier molecular flexibility index (Phi) is 8.50. The number of carbonyl (C=O) groups excluding carboxylic acids is 3. The van der Waals surface area contributed by atoms with Gasteiger partial charge in [0.1, 0.15) is 12.7 Å². The molecular formula is C35H33N3O7. The number of hydrogen-bond donors (Lipinski definition) is 2. The molecule has 2 heterocycles. The van der Waals surface area contributed by atoms with Crippen molar-refractivity contribution in [1.82, 2.24) is 5.53 Å². The van der Waals surface area contributed by atoms with Crippen LogP contribution >= 0.6 is 0 Å². The van der Waals surface area contributed by atoms with Gasteiger partial charge in [0.15, 0.2) is 18.4 Å². The van der Waals surface area contributed by atoms with E-state index in [0.717, 1.165) is 28.1 Å². The Morgan fingerprint density at radius 3 is 1.71 bits per heavy atom. The van der Waals surface area contributed by atoms with Crippen molar-refractivity contribution in [2.24, 2.45) is 0 Å². The zero-order valence-corrected chi connectivity index (χ0v) is 25.1. The van der Waals surface area contributed by atoms with Gasteiger partial charge in [-0.25, -0.2) is 14.4 Å². The van der Waals surface area contributed by atoms with Crippen molar-refractivity contribution in [3.8, 4) is 0 Å². The normalized spacial score (nSPS) is 20.2. The van der Waals surface area contributed by atoms with E-state index in [9.17, 15) is 14.4 Å². The molecule has 10 heteroatoms. The fourth-order valence-corrected chi connectivity index (χ4v) is 5.18. The summed E-state index contributed by atoms with van der Waals surface area (Å²) in [6, 6.07) is 28.3. The van der Waals surface area contributed by atoms with Gasteiger partial charge in [-0.15, -0.1) is 5.53 Å². The van der Waals surface area contributed by atoms with Crippen molar-refractivity contribution in [3.05, 3.63) is 130 Å². The van der Waals surface area contributed by atoms with Crippen LogP contribution in [0.2, 0.25) is 0 Å². The Labute approximate surface area is 260 Å². The van der Waals surface area contributed by atoms with Gasteiger partial charge in [0, 0.05) is 0 Å². The number of nitrogens with one attached hydrogen (secondary N) is 2. The van der Waals surface area contributed by atoms with E-state index in [0.29, 0.717) is 16.7 Å². The molecule has 230 valence electrons. The van der Waals surface area contributed by atoms with E-state index in [2.05, 4.69) is 11.0 Å². The van der Waals surface area contributed by atoms with Gasteiger partial charge in [-0.2, -0.15) is 0 Å². The van der Waals surface area contributed by atoms with Crippen LogP contribution in [0.25, 0.3) is 0 Å². The minimum absolute atomic E-state index is 0.267. The molecule has 45 heavy (non-hydrogen) atoms. The fraction of sp³-hybridized carbons (Fsp3) is 0.229. The van der Waals surface area contributed by atoms with E-state index in [1.54, 1.807) is 53.5 Å². The van der Waals surface area contributed by atoms with Gasteiger partial charge < -0.3 is 24.4 Å². The quantitative estimate of drug-likeness (QED) is 0.202. The molecule has 4 aromatic carbocycles. The van der Waals surface area contributed by atoms with Gasteiger partial charge in [-0.3, -0.25) is 5.01 Å². The number of aryl methyl sites for hydroxylation is 3. The van der Waals surface area contributed by atoms with E-state index >= 15 is 0 Å². The molecule has 6 rings (SSSR count). The second-order valence-electron chi connectivity index (χ2n) is 11.1. The lowest BCUT2D eigenvalue weighted by atomic mass is 10.1. The van der Waals surface area contributed by atoms with Crippen molar-refractivity contribution >= 4 is 29.3 Å². The maximum absolute atomic E-state index is 13.5. The Morgan fingerprint density at radius 1 is 0.667 bits per heavy atom. The van der Waals surface area contributed by atoms with E-state index in [1.807, 2.05) is 69.3 Å². The minimum atomic E-state index is -1.14. The molecule has 0 radical (unpaired) electrons. The van der Waals surface area contributed by atoms with Crippen molar-refractivity contribution in [1.29, 1.82) is 0 Å². The van der Waals surface area contributed by atoms with Crippen molar-refractivity contribution in [2.45, 2.75) is 45.3 Å². The number of hydrogen-bond acceptors (Lipinski definition) is 10. The maximum Gasteiger partial charge on any atom is 0.338 e. The second-order valence-corrected chi connectivity index (χ2v) is 11.1. The summed E-state index contributed by atoms with van der Waals surface area (Å²) in [5, 5.41) is 1.66.